The molecular weight excluding hydrogens is 224 g/mol. The lowest BCUT2D eigenvalue weighted by molar-refractivity contribution is -0.119. The highest BCUT2D eigenvalue weighted by atomic mass is 35.5. The molecule has 0 radical (unpaired) electrons. The van der Waals surface area contributed by atoms with Crippen molar-refractivity contribution in [3.63, 3.8) is 0 Å². The summed E-state index contributed by atoms with van der Waals surface area (Å²) in [6, 6.07) is 5.46. The molecule has 0 aliphatic carbocycles. The van der Waals surface area contributed by atoms with Crippen LogP contribution in [0.3, 0.4) is 0 Å². The molecule has 4 heteroatoms. The summed E-state index contributed by atoms with van der Waals surface area (Å²) in [4.78, 5) is 11.7. The van der Waals surface area contributed by atoms with Gasteiger partial charge in [-0.05, 0) is 31.0 Å². The van der Waals surface area contributed by atoms with Gasteiger partial charge in [0.25, 0.3) is 0 Å². The van der Waals surface area contributed by atoms with Crippen LogP contribution in [0.15, 0.2) is 18.2 Å². The predicted molar refractivity (Wildman–Crippen MR) is 67.7 cm³/mol. The van der Waals surface area contributed by atoms with Gasteiger partial charge in [-0.1, -0.05) is 24.6 Å². The van der Waals surface area contributed by atoms with Gasteiger partial charge in [0.05, 0.1) is 5.92 Å². The third-order valence-electron chi connectivity index (χ3n) is 2.59. The van der Waals surface area contributed by atoms with Gasteiger partial charge in [-0.3, -0.25) is 4.79 Å². The van der Waals surface area contributed by atoms with Gasteiger partial charge in [-0.25, -0.2) is 0 Å². The van der Waals surface area contributed by atoms with Crippen LogP contribution in [0.4, 0.5) is 5.69 Å². The fourth-order valence-electron chi connectivity index (χ4n) is 1.37. The van der Waals surface area contributed by atoms with Crippen LogP contribution in [-0.4, -0.2) is 12.5 Å². The summed E-state index contributed by atoms with van der Waals surface area (Å²) in [7, 11) is 0. The van der Waals surface area contributed by atoms with Crippen LogP contribution in [0.1, 0.15) is 18.9 Å². The number of hydrogen-bond donors (Lipinski definition) is 2. The Balaban J connectivity index is 2.73. The summed E-state index contributed by atoms with van der Waals surface area (Å²) in [6.07, 6.45) is 0.738. The SMILES string of the molecule is CCC(CN)C(=O)Nc1ccc(C)c(Cl)c1. The molecule has 0 spiro atoms. The monoisotopic (exact) mass is 240 g/mol. The first-order valence-corrected chi connectivity index (χ1v) is 5.73. The summed E-state index contributed by atoms with van der Waals surface area (Å²) in [5.41, 5.74) is 7.21. The maximum Gasteiger partial charge on any atom is 0.228 e. The summed E-state index contributed by atoms with van der Waals surface area (Å²) >= 11 is 5.97. The molecule has 3 N–H and O–H groups in total. The molecule has 1 aromatic carbocycles. The number of nitrogens with two attached hydrogens (primary N) is 1. The van der Waals surface area contributed by atoms with Crippen LogP contribution in [0.5, 0.6) is 0 Å². The normalized spacial score (nSPS) is 12.2. The maximum absolute atomic E-state index is 11.7. The number of carbonyl (C=O) groups is 1. The average Bonchev–Trinajstić information content (AvgIpc) is 2.25. The van der Waals surface area contributed by atoms with Gasteiger partial charge in [-0.15, -0.1) is 0 Å². The molecule has 0 bridgehead atoms. The number of carbonyl (C=O) groups excluding carboxylic acids is 1. The lowest BCUT2D eigenvalue weighted by atomic mass is 10.1. The summed E-state index contributed by atoms with van der Waals surface area (Å²) in [5.74, 6) is -0.190. The molecule has 1 amide bonds. The molecule has 0 fully saturated rings. The molecule has 1 aromatic rings. The molecule has 88 valence electrons. The van der Waals surface area contributed by atoms with Crippen molar-refractivity contribution in [2.45, 2.75) is 20.3 Å². The summed E-state index contributed by atoms with van der Waals surface area (Å²) in [6.45, 7) is 4.23. The van der Waals surface area contributed by atoms with Crippen molar-refractivity contribution >= 4 is 23.2 Å². The highest BCUT2D eigenvalue weighted by Crippen LogP contribution is 2.20. The van der Waals surface area contributed by atoms with Crippen molar-refractivity contribution in [3.8, 4) is 0 Å². The van der Waals surface area contributed by atoms with E-state index < -0.39 is 0 Å². The Hall–Kier alpha value is -1.06. The summed E-state index contributed by atoms with van der Waals surface area (Å²) < 4.78 is 0. The van der Waals surface area contributed by atoms with E-state index in [1.54, 1.807) is 6.07 Å². The molecule has 0 saturated carbocycles. The van der Waals surface area contributed by atoms with Crippen LogP contribution < -0.4 is 11.1 Å². The number of hydrogen-bond acceptors (Lipinski definition) is 2. The van der Waals surface area contributed by atoms with E-state index in [-0.39, 0.29) is 11.8 Å². The van der Waals surface area contributed by atoms with E-state index in [2.05, 4.69) is 5.32 Å². The lowest BCUT2D eigenvalue weighted by Crippen LogP contribution is -2.28. The average molecular weight is 241 g/mol. The van der Waals surface area contributed by atoms with Crippen LogP contribution in [0.2, 0.25) is 5.02 Å². The Morgan fingerprint density at radius 1 is 1.56 bits per heavy atom. The standard InChI is InChI=1S/C12H17ClN2O/c1-3-9(7-14)12(16)15-10-5-4-8(2)11(13)6-10/h4-6,9H,3,7,14H2,1-2H3,(H,15,16). The smallest absolute Gasteiger partial charge is 0.228 e. The van der Waals surface area contributed by atoms with Gasteiger partial charge < -0.3 is 11.1 Å². The van der Waals surface area contributed by atoms with Crippen molar-refractivity contribution in [3.05, 3.63) is 28.8 Å². The molecule has 1 unspecified atom stereocenters. The molecule has 0 heterocycles. The molecule has 0 aromatic heterocycles. The first-order valence-electron chi connectivity index (χ1n) is 5.35. The van der Waals surface area contributed by atoms with Crippen LogP contribution in [0.25, 0.3) is 0 Å². The predicted octanol–water partition coefficient (Wildman–Crippen LogP) is 2.57. The number of halogens is 1. The topological polar surface area (TPSA) is 55.1 Å². The second kappa shape index (κ2) is 5.87. The van der Waals surface area contributed by atoms with Crippen LogP contribution >= 0.6 is 11.6 Å². The number of nitrogens with one attached hydrogen (secondary N) is 1. The van der Waals surface area contributed by atoms with Crippen molar-refractivity contribution in [2.24, 2.45) is 11.7 Å². The van der Waals surface area contributed by atoms with E-state index in [4.69, 9.17) is 17.3 Å². The van der Waals surface area contributed by atoms with Crippen LogP contribution in [-0.2, 0) is 4.79 Å². The Labute approximate surface area is 101 Å². The summed E-state index contributed by atoms with van der Waals surface area (Å²) in [5, 5.41) is 3.46. The zero-order valence-electron chi connectivity index (χ0n) is 9.59. The number of anilines is 1. The Morgan fingerprint density at radius 3 is 2.75 bits per heavy atom. The van der Waals surface area contributed by atoms with Gasteiger partial charge in [0, 0.05) is 17.3 Å². The number of aryl methyl sites for hydroxylation is 1. The first-order chi connectivity index (χ1) is 7.58. The molecule has 0 aliphatic heterocycles. The van der Waals surface area contributed by atoms with Crippen LogP contribution in [0, 0.1) is 12.8 Å². The highest BCUT2D eigenvalue weighted by Gasteiger charge is 2.14. The third-order valence-corrected chi connectivity index (χ3v) is 2.99. The zero-order chi connectivity index (χ0) is 12.1. The van der Waals surface area contributed by atoms with Gasteiger partial charge in [0.1, 0.15) is 0 Å². The third kappa shape index (κ3) is 3.22. The van der Waals surface area contributed by atoms with Crippen molar-refractivity contribution < 1.29 is 4.79 Å². The molecular formula is C12H17ClN2O. The molecule has 0 saturated heterocycles. The lowest BCUT2D eigenvalue weighted by Gasteiger charge is -2.13. The number of rotatable bonds is 4. The fourth-order valence-corrected chi connectivity index (χ4v) is 1.55. The van der Waals surface area contributed by atoms with Crippen molar-refractivity contribution in [1.29, 1.82) is 0 Å². The largest absolute Gasteiger partial charge is 0.330 e. The minimum atomic E-state index is -0.139. The fraction of sp³-hybridized carbons (Fsp3) is 0.417. The maximum atomic E-state index is 11.7. The quantitative estimate of drug-likeness (QED) is 0.850. The molecule has 3 nitrogen and oxygen atoms in total. The van der Waals surface area contributed by atoms with Gasteiger partial charge in [0.15, 0.2) is 0 Å². The van der Waals surface area contributed by atoms with Crippen molar-refractivity contribution in [2.75, 3.05) is 11.9 Å². The van der Waals surface area contributed by atoms with E-state index >= 15 is 0 Å². The minimum Gasteiger partial charge on any atom is -0.330 e. The molecule has 1 rings (SSSR count). The van der Waals surface area contributed by atoms with E-state index in [1.165, 1.54) is 0 Å². The van der Waals surface area contributed by atoms with E-state index in [0.29, 0.717) is 17.3 Å². The Bertz CT molecular complexity index is 375. The number of benzene rings is 1. The zero-order valence-corrected chi connectivity index (χ0v) is 10.3. The minimum absolute atomic E-state index is 0.0510. The second-order valence-electron chi connectivity index (χ2n) is 3.79. The Morgan fingerprint density at radius 2 is 2.25 bits per heavy atom. The Kier molecular flexibility index (Phi) is 4.77. The molecule has 0 aliphatic rings. The number of amides is 1. The second-order valence-corrected chi connectivity index (χ2v) is 4.20. The molecule has 1 atom stereocenters. The van der Waals surface area contributed by atoms with Crippen molar-refractivity contribution in [1.82, 2.24) is 0 Å². The van der Waals surface area contributed by atoms with Gasteiger partial charge >= 0.3 is 0 Å². The molecule has 16 heavy (non-hydrogen) atoms. The van der Waals surface area contributed by atoms with E-state index in [1.807, 2.05) is 26.0 Å². The van der Waals surface area contributed by atoms with Gasteiger partial charge in [-0.2, -0.15) is 0 Å². The van der Waals surface area contributed by atoms with E-state index in [9.17, 15) is 4.79 Å². The van der Waals surface area contributed by atoms with E-state index in [0.717, 1.165) is 12.0 Å². The van der Waals surface area contributed by atoms with Gasteiger partial charge in [0.2, 0.25) is 5.91 Å². The first kappa shape index (κ1) is 13.0. The highest BCUT2D eigenvalue weighted by molar-refractivity contribution is 6.31.